The van der Waals surface area contributed by atoms with Crippen LogP contribution in [0.4, 0.5) is 45.5 Å². The molecule has 6 aromatic rings. The molecule has 0 aromatic heterocycles. The Bertz CT molecular complexity index is 2560. The van der Waals surface area contributed by atoms with Crippen LogP contribution in [0.5, 0.6) is 0 Å². The minimum Gasteiger partial charge on any atom is -0.396 e. The van der Waals surface area contributed by atoms with Gasteiger partial charge in [-0.25, -0.2) is 0 Å². The molecule has 0 saturated carbocycles. The van der Waals surface area contributed by atoms with Crippen LogP contribution in [-0.4, -0.2) is 25.9 Å². The van der Waals surface area contributed by atoms with Crippen molar-refractivity contribution < 1.29 is 25.9 Å². The molecule has 0 aliphatic carbocycles. The van der Waals surface area contributed by atoms with E-state index in [0.717, 1.165) is 0 Å². The first-order chi connectivity index (χ1) is 24.4. The lowest BCUT2D eigenvalue weighted by Crippen LogP contribution is -2.06. The Balaban J connectivity index is 1.37. The van der Waals surface area contributed by atoms with Crippen LogP contribution in [0, 0.1) is 0 Å². The van der Waals surface area contributed by atoms with E-state index in [1.807, 2.05) is 0 Å². The summed E-state index contributed by atoms with van der Waals surface area (Å²) in [6.07, 6.45) is 0. The molecule has 0 atom stereocenters. The Morgan fingerprint density at radius 3 is 1.00 bits per heavy atom. The van der Waals surface area contributed by atoms with Gasteiger partial charge >= 0.3 is 0 Å². The quantitative estimate of drug-likeness (QED) is 0.0500. The van der Waals surface area contributed by atoms with E-state index < -0.39 is 30.0 Å². The third kappa shape index (κ3) is 6.92. The molecule has 0 bridgehead atoms. The fourth-order valence-electron chi connectivity index (χ4n) is 5.51. The molecule has 0 unspecified atom stereocenters. The highest BCUT2D eigenvalue weighted by Crippen LogP contribution is 2.47. The third-order valence-electron chi connectivity index (χ3n) is 7.82. The second kappa shape index (κ2) is 14.1. The monoisotopic (exact) mass is 994 g/mol. The first-order valence-electron chi connectivity index (χ1n) is 14.4. The van der Waals surface area contributed by atoms with Crippen molar-refractivity contribution in [3.63, 3.8) is 0 Å². The number of rotatable bonds is 7. The highest BCUT2D eigenvalue weighted by molar-refractivity contribution is 9.11. The Labute approximate surface area is 329 Å². The molecule has 0 radical (unpaired) electrons. The maximum Gasteiger partial charge on any atom is 0.297 e. The van der Waals surface area contributed by atoms with Crippen LogP contribution in [0.1, 0.15) is 0 Å². The molecule has 0 saturated heterocycles. The van der Waals surface area contributed by atoms with Crippen molar-refractivity contribution in [1.82, 2.24) is 0 Å². The average Bonchev–Trinajstić information content (AvgIpc) is 3.05. The molecule has 0 aliphatic heterocycles. The highest BCUT2D eigenvalue weighted by atomic mass is 79.9. The Morgan fingerprint density at radius 1 is 0.442 bits per heavy atom. The van der Waals surface area contributed by atoms with Crippen molar-refractivity contribution in [3.05, 3.63) is 90.7 Å². The molecule has 266 valence electrons. The largest absolute Gasteiger partial charge is 0.396 e. The molecule has 0 spiro atoms. The number of anilines is 4. The van der Waals surface area contributed by atoms with Crippen LogP contribution in [-0.2, 0) is 20.2 Å². The molecule has 6 rings (SSSR count). The number of benzene rings is 6. The number of azo groups is 2. The minimum absolute atomic E-state index is 0.0740. The normalized spacial score (nSPS) is 12.5. The lowest BCUT2D eigenvalue weighted by Gasteiger charge is -2.14. The van der Waals surface area contributed by atoms with Gasteiger partial charge < -0.3 is 22.9 Å². The van der Waals surface area contributed by atoms with Gasteiger partial charge in [0.25, 0.3) is 20.2 Å². The third-order valence-corrected chi connectivity index (χ3v) is 12.1. The summed E-state index contributed by atoms with van der Waals surface area (Å²) in [4.78, 5) is -1.04. The first-order valence-corrected chi connectivity index (χ1v) is 20.4. The van der Waals surface area contributed by atoms with Crippen molar-refractivity contribution in [1.29, 1.82) is 0 Å². The molecule has 6 aromatic carbocycles. The zero-order valence-corrected chi connectivity index (χ0v) is 33.9. The van der Waals surface area contributed by atoms with Gasteiger partial charge in [0.15, 0.2) is 0 Å². The van der Waals surface area contributed by atoms with Gasteiger partial charge in [0.1, 0.15) is 32.5 Å². The summed E-state index contributed by atoms with van der Waals surface area (Å²) < 4.78 is 70.9. The van der Waals surface area contributed by atoms with Gasteiger partial charge in [0, 0.05) is 39.4 Å². The van der Waals surface area contributed by atoms with Gasteiger partial charge in [-0.1, -0.05) is 48.5 Å². The molecule has 10 N–H and O–H groups in total. The molecule has 0 fully saturated rings. The molecule has 0 heterocycles. The topological polar surface area (TPSA) is 262 Å². The number of fused-ring (bicyclic) bond motifs is 2. The fourth-order valence-corrected chi connectivity index (χ4v) is 9.86. The SMILES string of the molecule is Nc1c(/N=N/c2c(Br)cc(-c3cc(Br)c(/N=N/c4c(N)c(S(=O)(=O)O)c5ccccc5c4N)c(Br)c3)cc2Br)c(N)c2ccccc2c1S(=O)(=O)O. The van der Waals surface area contributed by atoms with Gasteiger partial charge in [-0.15, -0.1) is 20.5 Å². The summed E-state index contributed by atoms with van der Waals surface area (Å²) in [5, 5.41) is 17.9. The Hall–Kier alpha value is -4.02. The van der Waals surface area contributed by atoms with Crippen LogP contribution in [0.3, 0.4) is 0 Å². The van der Waals surface area contributed by atoms with Gasteiger partial charge in [-0.2, -0.15) is 16.8 Å². The standard InChI is InChI=1S/C32H22Br4N8O6S2/c33-19-9-13(10-20(34)27(19)41-43-29-23(37)15-5-1-3-7-17(15)31(25(29)39)51(45,46)47)14-11-21(35)28(22(36)12-14)42-44-30-24(38)16-6-2-4-8-18(16)32(26(30)40)52(48,49)50/h1-12H,37-40H2,(H,45,46,47)(H,48,49,50)/b43-41+,44-42+. The summed E-state index contributed by atoms with van der Waals surface area (Å²) in [7, 11) is -9.49. The van der Waals surface area contributed by atoms with Crippen LogP contribution < -0.4 is 22.9 Å². The summed E-state index contributed by atoms with van der Waals surface area (Å²) in [5.74, 6) is 0. The number of nitrogen functional groups attached to an aromatic ring is 4. The van der Waals surface area contributed by atoms with Crippen molar-refractivity contribution in [2.75, 3.05) is 22.9 Å². The minimum atomic E-state index is -4.75. The second-order valence-electron chi connectivity index (χ2n) is 11.0. The molecule has 0 amide bonds. The number of halogens is 4. The molecular formula is C32H22Br4N8O6S2. The van der Waals surface area contributed by atoms with E-state index in [4.69, 9.17) is 22.9 Å². The van der Waals surface area contributed by atoms with E-state index in [1.165, 1.54) is 12.1 Å². The molecule has 0 aliphatic rings. The first kappa shape index (κ1) is 37.7. The van der Waals surface area contributed by atoms with Crippen molar-refractivity contribution in [2.45, 2.75) is 9.79 Å². The van der Waals surface area contributed by atoms with Gasteiger partial charge in [0.05, 0.1) is 22.7 Å². The van der Waals surface area contributed by atoms with Crippen LogP contribution in [0.2, 0.25) is 0 Å². The van der Waals surface area contributed by atoms with E-state index >= 15 is 0 Å². The summed E-state index contributed by atoms with van der Waals surface area (Å²) in [6.45, 7) is 0. The fraction of sp³-hybridized carbons (Fsp3) is 0. The van der Waals surface area contributed by atoms with Crippen LogP contribution >= 0.6 is 63.7 Å². The predicted octanol–water partition coefficient (Wildman–Crippen LogP) is 10.4. The van der Waals surface area contributed by atoms with E-state index in [-0.39, 0.29) is 44.9 Å². The smallest absolute Gasteiger partial charge is 0.297 e. The molecule has 20 heteroatoms. The van der Waals surface area contributed by atoms with E-state index in [2.05, 4.69) is 84.2 Å². The van der Waals surface area contributed by atoms with Gasteiger partial charge in [-0.05, 0) is 99.1 Å². The van der Waals surface area contributed by atoms with Crippen molar-refractivity contribution in [3.8, 4) is 11.1 Å². The summed E-state index contributed by atoms with van der Waals surface area (Å²) >= 11 is 14.1. The lowest BCUT2D eigenvalue weighted by molar-refractivity contribution is 0.482. The molecule has 52 heavy (non-hydrogen) atoms. The summed E-state index contributed by atoms with van der Waals surface area (Å²) in [6, 6.07) is 19.6. The highest BCUT2D eigenvalue weighted by Gasteiger charge is 2.26. The zero-order valence-electron chi connectivity index (χ0n) is 25.9. The number of hydrogen-bond donors (Lipinski definition) is 6. The lowest BCUT2D eigenvalue weighted by atomic mass is 10.0. The molecular weight excluding hydrogens is 976 g/mol. The zero-order chi connectivity index (χ0) is 37.9. The Kier molecular flexibility index (Phi) is 10.2. The maximum atomic E-state index is 12.3. The van der Waals surface area contributed by atoms with Crippen molar-refractivity contribution in [2.24, 2.45) is 20.5 Å². The molecule has 14 nitrogen and oxygen atoms in total. The van der Waals surface area contributed by atoms with Crippen molar-refractivity contribution >= 4 is 151 Å². The van der Waals surface area contributed by atoms with E-state index in [0.29, 0.717) is 51.2 Å². The van der Waals surface area contributed by atoms with Gasteiger partial charge in [0.2, 0.25) is 0 Å². The number of nitrogens with zero attached hydrogens (tertiary/aromatic N) is 4. The number of hydrogen-bond acceptors (Lipinski definition) is 12. The van der Waals surface area contributed by atoms with Crippen LogP contribution in [0.25, 0.3) is 32.7 Å². The second-order valence-corrected chi connectivity index (χ2v) is 17.2. The predicted molar refractivity (Wildman–Crippen MR) is 216 cm³/mol. The maximum absolute atomic E-state index is 12.3. The average molecular weight is 998 g/mol. The Morgan fingerprint density at radius 2 is 0.712 bits per heavy atom. The number of nitrogens with two attached hydrogens (primary N) is 4. The van der Waals surface area contributed by atoms with Crippen LogP contribution in [0.15, 0.2) is 121 Å². The summed E-state index contributed by atoms with van der Waals surface area (Å²) in [5.41, 5.74) is 26.2. The van der Waals surface area contributed by atoms with Gasteiger partial charge in [-0.3, -0.25) is 9.11 Å². The van der Waals surface area contributed by atoms with E-state index in [9.17, 15) is 25.9 Å². The van der Waals surface area contributed by atoms with E-state index in [1.54, 1.807) is 60.7 Å².